The van der Waals surface area contributed by atoms with Gasteiger partial charge < -0.3 is 4.57 Å². The van der Waals surface area contributed by atoms with E-state index in [4.69, 9.17) is 11.6 Å². The minimum Gasteiger partial charge on any atom is -0.326 e. The molecule has 0 spiro atoms. The van der Waals surface area contributed by atoms with Crippen molar-refractivity contribution in [3.8, 4) is 0 Å². The number of aryl methyl sites for hydroxylation is 1. The number of imidazole rings is 1. The maximum atomic E-state index is 13.7. The van der Waals surface area contributed by atoms with Crippen LogP contribution in [0.5, 0.6) is 0 Å². The maximum absolute atomic E-state index is 13.7. The first-order valence-corrected chi connectivity index (χ1v) is 8.43. The summed E-state index contributed by atoms with van der Waals surface area (Å²) in [5.74, 6) is 1.56. The molecule has 1 aromatic heterocycles. The van der Waals surface area contributed by atoms with Crippen LogP contribution in [0.4, 0.5) is 4.39 Å². The third kappa shape index (κ3) is 2.77. The number of hydrogen-bond donors (Lipinski definition) is 0. The summed E-state index contributed by atoms with van der Waals surface area (Å²) in [4.78, 5) is 4.52. The number of thioether (sulfide) groups is 1. The van der Waals surface area contributed by atoms with Gasteiger partial charge in [0.1, 0.15) is 11.6 Å². The largest absolute Gasteiger partial charge is 0.326 e. The lowest BCUT2D eigenvalue weighted by Crippen LogP contribution is -2.06. The molecule has 1 aromatic carbocycles. The summed E-state index contributed by atoms with van der Waals surface area (Å²) in [5, 5.41) is -0.181. The fourth-order valence-corrected chi connectivity index (χ4v) is 2.84. The zero-order chi connectivity index (χ0) is 13.3. The van der Waals surface area contributed by atoms with Crippen molar-refractivity contribution in [3.63, 3.8) is 0 Å². The Balaban J connectivity index is 2.61. The van der Waals surface area contributed by atoms with E-state index in [9.17, 15) is 4.39 Å². The van der Waals surface area contributed by atoms with Gasteiger partial charge in [-0.1, -0.05) is 0 Å². The van der Waals surface area contributed by atoms with Gasteiger partial charge in [0.05, 0.1) is 20.0 Å². The van der Waals surface area contributed by atoms with E-state index in [1.165, 1.54) is 0 Å². The predicted molar refractivity (Wildman–Crippen MR) is 85.1 cm³/mol. The van der Waals surface area contributed by atoms with Crippen LogP contribution in [0.3, 0.4) is 0 Å². The average Bonchev–Trinajstić information content (AvgIpc) is 2.65. The molecular weight excluding hydrogens is 386 g/mol. The molecule has 0 saturated carbocycles. The molecule has 0 aliphatic rings. The number of benzene rings is 1. The van der Waals surface area contributed by atoms with Gasteiger partial charge in [-0.2, -0.15) is 11.8 Å². The number of hydrogen-bond acceptors (Lipinski definition) is 2. The quantitative estimate of drug-likeness (QED) is 0.560. The van der Waals surface area contributed by atoms with Crippen LogP contribution in [0.15, 0.2) is 12.1 Å². The van der Waals surface area contributed by atoms with Gasteiger partial charge in [0.15, 0.2) is 0 Å². The van der Waals surface area contributed by atoms with Crippen molar-refractivity contribution in [2.75, 3.05) is 12.0 Å². The zero-order valence-corrected chi connectivity index (χ0v) is 13.8. The van der Waals surface area contributed by atoms with Crippen LogP contribution in [-0.2, 0) is 6.54 Å². The van der Waals surface area contributed by atoms with E-state index in [2.05, 4.69) is 4.98 Å². The lowest BCUT2D eigenvalue weighted by Gasteiger charge is -2.09. The maximum Gasteiger partial charge on any atom is 0.138 e. The summed E-state index contributed by atoms with van der Waals surface area (Å²) in [6.07, 6.45) is 2.05. The van der Waals surface area contributed by atoms with Gasteiger partial charge in [-0.3, -0.25) is 0 Å². The molecule has 0 radical (unpaired) electrons. The molecule has 2 aromatic rings. The standard InChI is InChI=1S/C12H13ClFIN2S/c1-7(13)12-16-10-6-9(15)8(14)5-11(10)17(12)3-4-18-2/h5-7H,3-4H2,1-2H3. The van der Waals surface area contributed by atoms with E-state index >= 15 is 0 Å². The number of rotatable bonds is 4. The van der Waals surface area contributed by atoms with Crippen molar-refractivity contribution in [1.29, 1.82) is 0 Å². The molecule has 0 aliphatic carbocycles. The van der Waals surface area contributed by atoms with Crippen LogP contribution in [-0.4, -0.2) is 21.6 Å². The SMILES string of the molecule is CSCCn1c(C(C)Cl)nc2cc(I)c(F)cc21. The first-order valence-electron chi connectivity index (χ1n) is 5.52. The highest BCUT2D eigenvalue weighted by molar-refractivity contribution is 14.1. The van der Waals surface area contributed by atoms with Crippen LogP contribution < -0.4 is 0 Å². The van der Waals surface area contributed by atoms with Crippen LogP contribution in [0, 0.1) is 9.39 Å². The second kappa shape index (κ2) is 5.96. The highest BCUT2D eigenvalue weighted by Crippen LogP contribution is 2.27. The van der Waals surface area contributed by atoms with E-state index in [-0.39, 0.29) is 11.2 Å². The lowest BCUT2D eigenvalue weighted by molar-refractivity contribution is 0.620. The summed E-state index contributed by atoms with van der Waals surface area (Å²) in [7, 11) is 0. The third-order valence-corrected chi connectivity index (χ3v) is 4.31. The molecule has 2 nitrogen and oxygen atoms in total. The van der Waals surface area contributed by atoms with E-state index < -0.39 is 0 Å². The third-order valence-electron chi connectivity index (χ3n) is 2.69. The van der Waals surface area contributed by atoms with Crippen LogP contribution >= 0.6 is 46.0 Å². The minimum atomic E-state index is -0.206. The zero-order valence-electron chi connectivity index (χ0n) is 10.1. The first kappa shape index (κ1) is 14.4. The summed E-state index contributed by atoms with van der Waals surface area (Å²) < 4.78 is 16.3. The van der Waals surface area contributed by atoms with E-state index in [1.54, 1.807) is 23.9 Å². The van der Waals surface area contributed by atoms with Gasteiger partial charge in [-0.25, -0.2) is 9.37 Å². The van der Waals surface area contributed by atoms with Gasteiger partial charge in [-0.15, -0.1) is 11.6 Å². The van der Waals surface area contributed by atoms with Crippen molar-refractivity contribution in [1.82, 2.24) is 9.55 Å². The molecule has 0 N–H and O–H groups in total. The fraction of sp³-hybridized carbons (Fsp3) is 0.417. The molecular formula is C12H13ClFIN2S. The Morgan fingerprint density at radius 2 is 2.28 bits per heavy atom. The minimum absolute atomic E-state index is 0.181. The first-order chi connectivity index (χ1) is 8.54. The average molecular weight is 399 g/mol. The van der Waals surface area contributed by atoms with Crippen LogP contribution in [0.1, 0.15) is 18.1 Å². The monoisotopic (exact) mass is 398 g/mol. The molecule has 1 heterocycles. The number of alkyl halides is 1. The summed E-state index contributed by atoms with van der Waals surface area (Å²) in [6.45, 7) is 2.68. The van der Waals surface area contributed by atoms with Gasteiger partial charge in [0.2, 0.25) is 0 Å². The highest BCUT2D eigenvalue weighted by atomic mass is 127. The Kier molecular flexibility index (Phi) is 4.77. The topological polar surface area (TPSA) is 17.8 Å². The second-order valence-electron chi connectivity index (χ2n) is 3.99. The summed E-state index contributed by atoms with van der Waals surface area (Å²) in [5.41, 5.74) is 1.63. The molecule has 1 atom stereocenters. The number of nitrogens with zero attached hydrogens (tertiary/aromatic N) is 2. The molecule has 0 bridgehead atoms. The Bertz CT molecular complexity index is 571. The molecule has 18 heavy (non-hydrogen) atoms. The molecule has 1 unspecified atom stereocenters. The summed E-state index contributed by atoms with van der Waals surface area (Å²) >= 11 is 9.88. The normalized spacial score (nSPS) is 13.2. The Morgan fingerprint density at radius 1 is 1.56 bits per heavy atom. The van der Waals surface area contributed by atoms with E-state index in [0.29, 0.717) is 3.57 Å². The Hall–Kier alpha value is -0.0100. The van der Waals surface area contributed by atoms with Crippen LogP contribution in [0.2, 0.25) is 0 Å². The van der Waals surface area contributed by atoms with Gasteiger partial charge in [0.25, 0.3) is 0 Å². The van der Waals surface area contributed by atoms with Crippen molar-refractivity contribution >= 4 is 57.0 Å². The van der Waals surface area contributed by atoms with Gasteiger partial charge in [0, 0.05) is 18.4 Å². The van der Waals surface area contributed by atoms with Crippen molar-refractivity contribution in [2.45, 2.75) is 18.8 Å². The van der Waals surface area contributed by atoms with Gasteiger partial charge in [-0.05, 0) is 41.8 Å². The van der Waals surface area contributed by atoms with Crippen LogP contribution in [0.25, 0.3) is 11.0 Å². The summed E-state index contributed by atoms with van der Waals surface area (Å²) in [6, 6.07) is 3.32. The van der Waals surface area contributed by atoms with Crippen molar-refractivity contribution < 1.29 is 4.39 Å². The molecule has 2 rings (SSSR count). The smallest absolute Gasteiger partial charge is 0.138 e. The molecule has 6 heteroatoms. The molecule has 0 aliphatic heterocycles. The van der Waals surface area contributed by atoms with E-state index in [1.807, 2.05) is 40.3 Å². The molecule has 0 fully saturated rings. The van der Waals surface area contributed by atoms with Gasteiger partial charge >= 0.3 is 0 Å². The molecule has 98 valence electrons. The highest BCUT2D eigenvalue weighted by Gasteiger charge is 2.16. The Morgan fingerprint density at radius 3 is 2.89 bits per heavy atom. The second-order valence-corrected chi connectivity index (χ2v) is 6.79. The fourth-order valence-electron chi connectivity index (χ4n) is 1.86. The predicted octanol–water partition coefficient (Wildman–Crippen LogP) is 4.44. The van der Waals surface area contributed by atoms with Crippen molar-refractivity contribution in [2.24, 2.45) is 0 Å². The molecule has 0 amide bonds. The number of halogens is 3. The molecule has 0 saturated heterocycles. The lowest BCUT2D eigenvalue weighted by atomic mass is 10.3. The van der Waals surface area contributed by atoms with E-state index in [0.717, 1.165) is 29.2 Å². The van der Waals surface area contributed by atoms with Crippen molar-refractivity contribution in [3.05, 3.63) is 27.3 Å². The number of aromatic nitrogens is 2. The number of fused-ring (bicyclic) bond motifs is 1. The Labute approximate surface area is 128 Å².